The van der Waals surface area contributed by atoms with E-state index < -0.39 is 16.7 Å². The van der Waals surface area contributed by atoms with Crippen LogP contribution in [0.15, 0.2) is 41.3 Å². The molecule has 0 aliphatic rings. The molecule has 2 aromatic carbocycles. The summed E-state index contributed by atoms with van der Waals surface area (Å²) in [6.07, 6.45) is 0. The quantitative estimate of drug-likeness (QED) is 0.441. The van der Waals surface area contributed by atoms with Gasteiger partial charge in [-0.1, -0.05) is 11.6 Å². The Kier molecular flexibility index (Phi) is 6.16. The summed E-state index contributed by atoms with van der Waals surface area (Å²) in [6, 6.07) is 10.1. The zero-order valence-corrected chi connectivity index (χ0v) is 14.6. The van der Waals surface area contributed by atoms with Crippen LogP contribution >= 0.6 is 23.4 Å². The number of nitrogens with two attached hydrogens (primary N) is 1. The van der Waals surface area contributed by atoms with E-state index in [1.54, 1.807) is 0 Å². The fraction of sp³-hybridized carbons (Fsp3) is 0.0625. The SMILES string of the molecule is N#Cc1ccc(NC(=O)CSc2ccc(C(N)=O)cc2[N+](=O)[O-])cc1Cl. The maximum absolute atomic E-state index is 12.0. The highest BCUT2D eigenvalue weighted by Gasteiger charge is 2.18. The average molecular weight is 391 g/mol. The number of halogens is 1. The molecule has 10 heteroatoms. The van der Waals surface area contributed by atoms with Crippen LogP contribution in [0.1, 0.15) is 15.9 Å². The van der Waals surface area contributed by atoms with Crippen LogP contribution in [0.2, 0.25) is 5.02 Å². The summed E-state index contributed by atoms with van der Waals surface area (Å²) in [4.78, 5) is 33.9. The van der Waals surface area contributed by atoms with Crippen molar-refractivity contribution in [1.29, 1.82) is 5.26 Å². The lowest BCUT2D eigenvalue weighted by molar-refractivity contribution is -0.387. The van der Waals surface area contributed by atoms with Crippen molar-refractivity contribution in [2.45, 2.75) is 4.90 Å². The summed E-state index contributed by atoms with van der Waals surface area (Å²) in [7, 11) is 0. The van der Waals surface area contributed by atoms with Crippen LogP contribution in [0.5, 0.6) is 0 Å². The van der Waals surface area contributed by atoms with Crippen LogP contribution in [0.4, 0.5) is 11.4 Å². The third kappa shape index (κ3) is 4.72. The van der Waals surface area contributed by atoms with Gasteiger partial charge < -0.3 is 11.1 Å². The Bertz CT molecular complexity index is 942. The molecule has 132 valence electrons. The van der Waals surface area contributed by atoms with Gasteiger partial charge in [-0.3, -0.25) is 19.7 Å². The molecule has 0 unspecified atom stereocenters. The number of anilines is 1. The van der Waals surface area contributed by atoms with Crippen LogP contribution < -0.4 is 11.1 Å². The summed E-state index contributed by atoms with van der Waals surface area (Å²) in [5.41, 5.74) is 5.50. The van der Waals surface area contributed by atoms with E-state index in [4.69, 9.17) is 22.6 Å². The van der Waals surface area contributed by atoms with Gasteiger partial charge in [-0.15, -0.1) is 11.8 Å². The number of hydrogen-bond acceptors (Lipinski definition) is 6. The molecule has 0 aliphatic carbocycles. The Morgan fingerprint density at radius 3 is 2.62 bits per heavy atom. The van der Waals surface area contributed by atoms with Gasteiger partial charge in [-0.05, 0) is 30.3 Å². The number of benzene rings is 2. The van der Waals surface area contributed by atoms with Crippen molar-refractivity contribution in [2.75, 3.05) is 11.1 Å². The Morgan fingerprint density at radius 2 is 2.04 bits per heavy atom. The molecule has 0 fully saturated rings. The van der Waals surface area contributed by atoms with Gasteiger partial charge in [0.05, 0.1) is 26.2 Å². The van der Waals surface area contributed by atoms with Gasteiger partial charge in [0.2, 0.25) is 11.8 Å². The minimum absolute atomic E-state index is 0.0118. The van der Waals surface area contributed by atoms with Gasteiger partial charge in [0, 0.05) is 17.3 Å². The van der Waals surface area contributed by atoms with E-state index in [1.807, 2.05) is 6.07 Å². The Balaban J connectivity index is 2.07. The number of amides is 2. The predicted molar refractivity (Wildman–Crippen MR) is 97.1 cm³/mol. The third-order valence-corrected chi connectivity index (χ3v) is 4.55. The molecule has 3 N–H and O–H groups in total. The van der Waals surface area contributed by atoms with Crippen molar-refractivity contribution >= 4 is 46.6 Å². The normalized spacial score (nSPS) is 10.0. The molecule has 0 aromatic heterocycles. The van der Waals surface area contributed by atoms with Gasteiger partial charge in [0.15, 0.2) is 0 Å². The number of rotatable bonds is 6. The van der Waals surface area contributed by atoms with E-state index in [1.165, 1.54) is 30.3 Å². The number of primary amides is 1. The topological polar surface area (TPSA) is 139 Å². The Labute approximate surface area is 157 Å². The molecular weight excluding hydrogens is 380 g/mol. The van der Waals surface area contributed by atoms with Crippen LogP contribution in [0.25, 0.3) is 0 Å². The van der Waals surface area contributed by atoms with Crippen molar-refractivity contribution in [2.24, 2.45) is 5.73 Å². The lowest BCUT2D eigenvalue weighted by atomic mass is 10.2. The second kappa shape index (κ2) is 8.33. The summed E-state index contributed by atoms with van der Waals surface area (Å²) in [5.74, 6) is -1.29. The summed E-state index contributed by atoms with van der Waals surface area (Å²) < 4.78 is 0. The molecular formula is C16H11ClN4O4S. The maximum Gasteiger partial charge on any atom is 0.283 e. The van der Waals surface area contributed by atoms with Gasteiger partial charge in [-0.2, -0.15) is 5.26 Å². The lowest BCUT2D eigenvalue weighted by Gasteiger charge is -2.07. The maximum atomic E-state index is 12.0. The van der Waals surface area contributed by atoms with Crippen molar-refractivity contribution in [3.05, 3.63) is 62.7 Å². The molecule has 0 atom stereocenters. The molecule has 0 saturated heterocycles. The first-order valence-corrected chi connectivity index (χ1v) is 8.38. The van der Waals surface area contributed by atoms with Gasteiger partial charge in [-0.25, -0.2) is 0 Å². The number of carbonyl (C=O) groups excluding carboxylic acids is 2. The van der Waals surface area contributed by atoms with Crippen LogP contribution in [-0.4, -0.2) is 22.5 Å². The molecule has 0 spiro atoms. The van der Waals surface area contributed by atoms with E-state index in [0.717, 1.165) is 17.8 Å². The first-order valence-electron chi connectivity index (χ1n) is 7.02. The van der Waals surface area contributed by atoms with E-state index in [9.17, 15) is 19.7 Å². The average Bonchev–Trinajstić information content (AvgIpc) is 2.59. The van der Waals surface area contributed by atoms with Crippen LogP contribution in [-0.2, 0) is 4.79 Å². The van der Waals surface area contributed by atoms with Gasteiger partial charge in [0.25, 0.3) is 5.69 Å². The van der Waals surface area contributed by atoms with Crippen molar-refractivity contribution in [3.8, 4) is 6.07 Å². The van der Waals surface area contributed by atoms with Crippen molar-refractivity contribution < 1.29 is 14.5 Å². The van der Waals surface area contributed by atoms with Gasteiger partial charge in [0.1, 0.15) is 6.07 Å². The van der Waals surface area contributed by atoms with Crippen molar-refractivity contribution in [3.63, 3.8) is 0 Å². The smallest absolute Gasteiger partial charge is 0.283 e. The summed E-state index contributed by atoms with van der Waals surface area (Å²) in [5, 5.41) is 22.7. The highest BCUT2D eigenvalue weighted by atomic mass is 35.5. The highest BCUT2D eigenvalue weighted by Crippen LogP contribution is 2.30. The standard InChI is InChI=1S/C16H11ClN4O4S/c17-12-6-11(3-1-10(12)7-18)20-15(22)8-26-14-4-2-9(16(19)23)5-13(14)21(24)25/h1-6H,8H2,(H2,19,23)(H,20,22). The monoisotopic (exact) mass is 390 g/mol. The molecule has 0 bridgehead atoms. The van der Waals surface area contributed by atoms with E-state index >= 15 is 0 Å². The molecule has 2 rings (SSSR count). The highest BCUT2D eigenvalue weighted by molar-refractivity contribution is 8.00. The zero-order valence-electron chi connectivity index (χ0n) is 13.1. The zero-order chi connectivity index (χ0) is 19.3. The number of nitro groups is 1. The Hall–Kier alpha value is -3.09. The van der Waals surface area contributed by atoms with E-state index in [2.05, 4.69) is 5.32 Å². The second-order valence-electron chi connectivity index (χ2n) is 4.95. The number of hydrogen-bond donors (Lipinski definition) is 2. The molecule has 2 aromatic rings. The number of carbonyl (C=O) groups is 2. The largest absolute Gasteiger partial charge is 0.366 e. The first-order chi connectivity index (χ1) is 12.3. The Morgan fingerprint density at radius 1 is 1.31 bits per heavy atom. The summed E-state index contributed by atoms with van der Waals surface area (Å²) >= 11 is 6.83. The van der Waals surface area contributed by atoms with E-state index in [0.29, 0.717) is 5.69 Å². The number of thioether (sulfide) groups is 1. The molecule has 8 nitrogen and oxygen atoms in total. The number of nitrogens with zero attached hydrogens (tertiary/aromatic N) is 2. The predicted octanol–water partition coefficient (Wildman–Crippen LogP) is 2.95. The molecule has 2 amide bonds. The van der Waals surface area contributed by atoms with Crippen LogP contribution in [0, 0.1) is 21.4 Å². The van der Waals surface area contributed by atoms with Crippen molar-refractivity contribution in [1.82, 2.24) is 0 Å². The van der Waals surface area contributed by atoms with E-state index in [-0.39, 0.29) is 32.5 Å². The van der Waals surface area contributed by atoms with Crippen LogP contribution in [0.3, 0.4) is 0 Å². The minimum atomic E-state index is -0.778. The lowest BCUT2D eigenvalue weighted by Crippen LogP contribution is -2.14. The second-order valence-corrected chi connectivity index (χ2v) is 6.37. The fourth-order valence-electron chi connectivity index (χ4n) is 1.96. The fourth-order valence-corrected chi connectivity index (χ4v) is 2.99. The third-order valence-electron chi connectivity index (χ3n) is 3.17. The molecule has 0 saturated carbocycles. The minimum Gasteiger partial charge on any atom is -0.366 e. The number of nitrogens with one attached hydrogen (secondary N) is 1. The molecule has 26 heavy (non-hydrogen) atoms. The van der Waals surface area contributed by atoms with Gasteiger partial charge >= 0.3 is 0 Å². The molecule has 0 heterocycles. The number of nitriles is 1. The number of nitro benzene ring substituents is 1. The molecule has 0 radical (unpaired) electrons. The molecule has 0 aliphatic heterocycles. The first kappa shape index (κ1) is 19.2. The summed E-state index contributed by atoms with van der Waals surface area (Å²) in [6.45, 7) is 0.